The van der Waals surface area contributed by atoms with E-state index in [4.69, 9.17) is 10.5 Å². The highest BCUT2D eigenvalue weighted by molar-refractivity contribution is 5.27. The van der Waals surface area contributed by atoms with Crippen LogP contribution in [0, 0.1) is 5.82 Å². The normalized spacial score (nSPS) is 18.4. The molecule has 0 fully saturated rings. The lowest BCUT2D eigenvalue weighted by Gasteiger charge is -2.36. The van der Waals surface area contributed by atoms with Crippen molar-refractivity contribution >= 4 is 0 Å². The molecule has 0 saturated heterocycles. The number of benzene rings is 1. The largest absolute Gasteiger partial charge is 0.384 e. The molecule has 3 N–H and O–H groups in total. The van der Waals surface area contributed by atoms with Crippen LogP contribution in [0.4, 0.5) is 13.2 Å². The number of aliphatic hydroxyl groups excluding tert-OH is 1. The lowest BCUT2D eigenvalue weighted by Crippen LogP contribution is -2.54. The molecule has 0 aliphatic carbocycles. The van der Waals surface area contributed by atoms with Crippen molar-refractivity contribution in [1.82, 2.24) is 0 Å². The highest BCUT2D eigenvalue weighted by atomic mass is 19.3. The van der Waals surface area contributed by atoms with Crippen LogP contribution in [-0.4, -0.2) is 30.8 Å². The molecular formula is C12H16F3NO2. The van der Waals surface area contributed by atoms with E-state index in [1.54, 1.807) is 0 Å². The fraction of sp³-hybridized carbons (Fsp3) is 0.500. The molecule has 0 saturated carbocycles. The third-order valence-electron chi connectivity index (χ3n) is 2.87. The summed E-state index contributed by atoms with van der Waals surface area (Å²) in [5.41, 5.74) is 4.31. The summed E-state index contributed by atoms with van der Waals surface area (Å²) in [5.74, 6) is -0.633. The van der Waals surface area contributed by atoms with Crippen molar-refractivity contribution in [2.45, 2.75) is 31.1 Å². The van der Waals surface area contributed by atoms with Crippen LogP contribution in [-0.2, 0) is 10.3 Å². The van der Waals surface area contributed by atoms with Gasteiger partial charge in [-0.15, -0.1) is 0 Å². The fourth-order valence-electron chi connectivity index (χ4n) is 1.92. The zero-order chi connectivity index (χ0) is 13.9. The topological polar surface area (TPSA) is 55.5 Å². The SMILES string of the molecule is CO[C@@H]([C@H](O)C(F)F)[C@](C)(N)c1ccccc1F. The predicted molar refractivity (Wildman–Crippen MR) is 60.7 cm³/mol. The molecule has 1 aromatic carbocycles. The van der Waals surface area contributed by atoms with Crippen LogP contribution in [0.5, 0.6) is 0 Å². The van der Waals surface area contributed by atoms with Crippen molar-refractivity contribution in [2.75, 3.05) is 7.11 Å². The van der Waals surface area contributed by atoms with Gasteiger partial charge in [-0.2, -0.15) is 0 Å². The highest BCUT2D eigenvalue weighted by Gasteiger charge is 2.42. The molecule has 6 heteroatoms. The highest BCUT2D eigenvalue weighted by Crippen LogP contribution is 2.29. The smallest absolute Gasteiger partial charge is 0.266 e. The number of aliphatic hydroxyl groups is 1. The molecule has 3 nitrogen and oxygen atoms in total. The first kappa shape index (κ1) is 14.9. The quantitative estimate of drug-likeness (QED) is 0.849. The lowest BCUT2D eigenvalue weighted by atomic mass is 9.84. The molecular weight excluding hydrogens is 247 g/mol. The molecule has 0 radical (unpaired) electrons. The van der Waals surface area contributed by atoms with Gasteiger partial charge in [-0.05, 0) is 13.0 Å². The number of alkyl halides is 2. The van der Waals surface area contributed by atoms with Crippen molar-refractivity contribution in [3.05, 3.63) is 35.6 Å². The molecule has 0 bridgehead atoms. The molecule has 3 atom stereocenters. The van der Waals surface area contributed by atoms with Crippen LogP contribution < -0.4 is 5.73 Å². The van der Waals surface area contributed by atoms with Crippen molar-refractivity contribution in [3.63, 3.8) is 0 Å². The molecule has 0 amide bonds. The molecule has 0 aliphatic heterocycles. The Bertz CT molecular complexity index is 399. The number of ether oxygens (including phenoxy) is 1. The maximum atomic E-state index is 13.6. The van der Waals surface area contributed by atoms with E-state index in [0.717, 1.165) is 7.11 Å². The predicted octanol–water partition coefficient (Wildman–Crippen LogP) is 1.64. The summed E-state index contributed by atoms with van der Waals surface area (Å²) in [7, 11) is 1.14. The van der Waals surface area contributed by atoms with E-state index in [0.29, 0.717) is 0 Å². The first-order chi connectivity index (χ1) is 8.32. The van der Waals surface area contributed by atoms with Crippen molar-refractivity contribution < 1.29 is 23.0 Å². The summed E-state index contributed by atoms with van der Waals surface area (Å²) in [5, 5.41) is 9.40. The molecule has 0 aliphatic rings. The third-order valence-corrected chi connectivity index (χ3v) is 2.87. The summed E-state index contributed by atoms with van der Waals surface area (Å²) < 4.78 is 43.5. The van der Waals surface area contributed by atoms with E-state index >= 15 is 0 Å². The summed E-state index contributed by atoms with van der Waals surface area (Å²) in [6, 6.07) is 5.53. The maximum absolute atomic E-state index is 13.6. The Kier molecular flexibility index (Phi) is 4.72. The zero-order valence-electron chi connectivity index (χ0n) is 10.1. The second-order valence-corrected chi connectivity index (χ2v) is 4.24. The van der Waals surface area contributed by atoms with Gasteiger partial charge in [0.1, 0.15) is 18.0 Å². The van der Waals surface area contributed by atoms with Crippen LogP contribution in [0.2, 0.25) is 0 Å². The van der Waals surface area contributed by atoms with Gasteiger partial charge >= 0.3 is 0 Å². The number of methoxy groups -OCH3 is 1. The van der Waals surface area contributed by atoms with Gasteiger partial charge in [-0.1, -0.05) is 18.2 Å². The third kappa shape index (κ3) is 2.82. The van der Waals surface area contributed by atoms with Gasteiger partial charge in [0.2, 0.25) is 0 Å². The summed E-state index contributed by atoms with van der Waals surface area (Å²) in [4.78, 5) is 0. The number of nitrogens with two attached hydrogens (primary N) is 1. The Hall–Kier alpha value is -1.11. The number of hydrogen-bond acceptors (Lipinski definition) is 3. The van der Waals surface area contributed by atoms with Gasteiger partial charge in [0.25, 0.3) is 6.43 Å². The Morgan fingerprint density at radius 2 is 1.89 bits per heavy atom. The molecule has 0 heterocycles. The van der Waals surface area contributed by atoms with Crippen LogP contribution >= 0.6 is 0 Å². The average molecular weight is 263 g/mol. The van der Waals surface area contributed by atoms with Crippen molar-refractivity contribution in [1.29, 1.82) is 0 Å². The Labute approximate surface area is 103 Å². The first-order valence-corrected chi connectivity index (χ1v) is 5.35. The van der Waals surface area contributed by atoms with Gasteiger partial charge in [0.15, 0.2) is 0 Å². The maximum Gasteiger partial charge on any atom is 0.266 e. The van der Waals surface area contributed by atoms with Crippen LogP contribution in [0.3, 0.4) is 0 Å². The van der Waals surface area contributed by atoms with Gasteiger partial charge in [-0.3, -0.25) is 0 Å². The van der Waals surface area contributed by atoms with E-state index in [2.05, 4.69) is 0 Å². The van der Waals surface area contributed by atoms with E-state index in [-0.39, 0.29) is 5.56 Å². The van der Waals surface area contributed by atoms with Gasteiger partial charge < -0.3 is 15.6 Å². The molecule has 0 unspecified atom stereocenters. The van der Waals surface area contributed by atoms with Crippen LogP contribution in [0.1, 0.15) is 12.5 Å². The molecule has 102 valence electrons. The van der Waals surface area contributed by atoms with Crippen molar-refractivity contribution in [3.8, 4) is 0 Å². The first-order valence-electron chi connectivity index (χ1n) is 5.35. The summed E-state index contributed by atoms with van der Waals surface area (Å²) in [6.45, 7) is 1.34. The van der Waals surface area contributed by atoms with E-state index in [1.165, 1.54) is 31.2 Å². The molecule has 0 spiro atoms. The van der Waals surface area contributed by atoms with Crippen molar-refractivity contribution in [2.24, 2.45) is 5.73 Å². The minimum Gasteiger partial charge on any atom is -0.384 e. The average Bonchev–Trinajstić information content (AvgIpc) is 2.29. The standard InChI is InChI=1S/C12H16F3NO2/c1-12(16,7-5-3-4-6-8(7)13)10(18-2)9(17)11(14)15/h3-6,9-11,17H,16H2,1-2H3/t9-,10-,12+/m0/s1. The van der Waals surface area contributed by atoms with Gasteiger partial charge in [0, 0.05) is 12.7 Å². The Balaban J connectivity index is 3.14. The number of halogens is 3. The Morgan fingerprint density at radius 3 is 2.33 bits per heavy atom. The number of hydrogen-bond donors (Lipinski definition) is 2. The second-order valence-electron chi connectivity index (χ2n) is 4.24. The van der Waals surface area contributed by atoms with Gasteiger partial charge in [0.05, 0.1) is 5.54 Å². The monoisotopic (exact) mass is 263 g/mol. The summed E-state index contributed by atoms with van der Waals surface area (Å²) >= 11 is 0. The Morgan fingerprint density at radius 1 is 1.33 bits per heavy atom. The fourth-order valence-corrected chi connectivity index (χ4v) is 1.92. The van der Waals surface area contributed by atoms with E-state index < -0.39 is 30.0 Å². The zero-order valence-corrected chi connectivity index (χ0v) is 10.1. The van der Waals surface area contributed by atoms with Gasteiger partial charge in [-0.25, -0.2) is 13.2 Å². The van der Waals surface area contributed by atoms with Crippen LogP contribution in [0.25, 0.3) is 0 Å². The molecule has 1 rings (SSSR count). The number of rotatable bonds is 5. The minimum absolute atomic E-state index is 0.0107. The molecule has 1 aromatic rings. The molecule has 18 heavy (non-hydrogen) atoms. The molecule has 0 aromatic heterocycles. The summed E-state index contributed by atoms with van der Waals surface area (Å²) in [6.07, 6.45) is -6.54. The second kappa shape index (κ2) is 5.69. The van der Waals surface area contributed by atoms with E-state index in [9.17, 15) is 18.3 Å². The van der Waals surface area contributed by atoms with E-state index in [1.807, 2.05) is 0 Å². The van der Waals surface area contributed by atoms with Crippen LogP contribution in [0.15, 0.2) is 24.3 Å². The minimum atomic E-state index is -3.02. The lowest BCUT2D eigenvalue weighted by molar-refractivity contribution is -0.116.